The lowest BCUT2D eigenvalue weighted by Crippen LogP contribution is -2.33. The fraction of sp³-hybridized carbons (Fsp3) is 0.355. The molecular weight excluding hydrogens is 574 g/mol. The van der Waals surface area contributed by atoms with E-state index in [-0.39, 0.29) is 59.8 Å². The lowest BCUT2D eigenvalue weighted by Gasteiger charge is -2.30. The summed E-state index contributed by atoms with van der Waals surface area (Å²) >= 11 is 0. The number of ether oxygens (including phenoxy) is 4. The maximum absolute atomic E-state index is 13.5. The van der Waals surface area contributed by atoms with Crippen molar-refractivity contribution in [1.82, 2.24) is 5.32 Å². The van der Waals surface area contributed by atoms with Gasteiger partial charge in [-0.25, -0.2) is 14.4 Å². The van der Waals surface area contributed by atoms with Crippen molar-refractivity contribution >= 4 is 35.2 Å². The number of dihydropyridines is 1. The largest absolute Gasteiger partial charge is 0.459 e. The number of para-hydroxylation sites is 1. The quantitative estimate of drug-likeness (QED) is 0.125. The van der Waals surface area contributed by atoms with Crippen LogP contribution in [0.3, 0.4) is 0 Å². The van der Waals surface area contributed by atoms with E-state index < -0.39 is 28.7 Å². The Bertz CT molecular complexity index is 1510. The summed E-state index contributed by atoms with van der Waals surface area (Å²) in [4.78, 5) is 61.9. The van der Waals surface area contributed by atoms with Crippen LogP contribution in [-0.2, 0) is 33.3 Å². The summed E-state index contributed by atoms with van der Waals surface area (Å²) < 4.78 is 21.7. The molecule has 44 heavy (non-hydrogen) atoms. The summed E-state index contributed by atoms with van der Waals surface area (Å²) in [5.74, 6) is -3.70. The van der Waals surface area contributed by atoms with E-state index in [0.717, 1.165) is 12.8 Å². The third-order valence-corrected chi connectivity index (χ3v) is 7.06. The zero-order chi connectivity index (χ0) is 31.8. The molecule has 13 nitrogen and oxygen atoms in total. The molecule has 2 aliphatic rings. The molecule has 2 N–H and O–H groups in total. The number of carbonyl (C=O) groups excluding carboxylic acids is 4. The summed E-state index contributed by atoms with van der Waals surface area (Å²) in [6.07, 6.45) is 1.34. The molecule has 1 amide bonds. The number of benzene rings is 2. The van der Waals surface area contributed by atoms with Gasteiger partial charge in [0.25, 0.3) is 5.69 Å². The molecule has 2 atom stereocenters. The number of anilines is 1. The van der Waals surface area contributed by atoms with Crippen LogP contribution in [-0.4, -0.2) is 61.3 Å². The number of esters is 3. The minimum Gasteiger partial charge on any atom is -0.459 e. The summed E-state index contributed by atoms with van der Waals surface area (Å²) in [7, 11) is 0. The highest BCUT2D eigenvalue weighted by Crippen LogP contribution is 2.42. The van der Waals surface area contributed by atoms with Crippen LogP contribution in [0, 0.1) is 10.1 Å². The van der Waals surface area contributed by atoms with Crippen molar-refractivity contribution in [2.75, 3.05) is 31.7 Å². The first-order valence-corrected chi connectivity index (χ1v) is 14.0. The normalized spacial score (nSPS) is 17.9. The summed E-state index contributed by atoms with van der Waals surface area (Å²) in [6.45, 7) is 4.56. The zero-order valence-electron chi connectivity index (χ0n) is 24.5. The van der Waals surface area contributed by atoms with Gasteiger partial charge in [0.05, 0.1) is 33.7 Å². The van der Waals surface area contributed by atoms with E-state index in [1.807, 2.05) is 0 Å². The Morgan fingerprint density at radius 3 is 2.14 bits per heavy atom. The van der Waals surface area contributed by atoms with Gasteiger partial charge in [0.15, 0.2) is 0 Å². The van der Waals surface area contributed by atoms with Crippen molar-refractivity contribution in [3.63, 3.8) is 0 Å². The van der Waals surface area contributed by atoms with Crippen molar-refractivity contribution in [3.8, 4) is 0 Å². The number of nitro groups is 1. The fourth-order valence-corrected chi connectivity index (χ4v) is 5.09. The summed E-state index contributed by atoms with van der Waals surface area (Å²) in [6, 6.07) is 11.9. The predicted octanol–water partition coefficient (Wildman–Crippen LogP) is 3.91. The Kier molecular flexibility index (Phi) is 10.5. The SMILES string of the molecule is CC(=O)Nc1ccc(C(=O)OCCOC(=O)C2=C(C)NC(C)=C(C(=O)OC[C@@H]3CCCO3)[C@@H]2c2ccccc2[N+](=O)[O-])cc1. The van der Waals surface area contributed by atoms with Crippen LogP contribution in [0.4, 0.5) is 11.4 Å². The Morgan fingerprint density at radius 1 is 0.932 bits per heavy atom. The van der Waals surface area contributed by atoms with Gasteiger partial charge in [-0.2, -0.15) is 0 Å². The third-order valence-electron chi connectivity index (χ3n) is 7.06. The second-order valence-corrected chi connectivity index (χ2v) is 10.2. The first kappa shape index (κ1) is 31.9. The van der Waals surface area contributed by atoms with Crippen LogP contribution in [0.1, 0.15) is 55.5 Å². The van der Waals surface area contributed by atoms with E-state index in [1.54, 1.807) is 32.0 Å². The molecule has 2 aromatic carbocycles. The van der Waals surface area contributed by atoms with Crippen LogP contribution in [0.5, 0.6) is 0 Å². The number of hydrogen-bond acceptors (Lipinski definition) is 11. The van der Waals surface area contributed by atoms with Gasteiger partial charge in [0.1, 0.15) is 19.8 Å². The van der Waals surface area contributed by atoms with E-state index in [1.165, 1.54) is 37.3 Å². The van der Waals surface area contributed by atoms with E-state index in [4.69, 9.17) is 18.9 Å². The average molecular weight is 608 g/mol. The number of allylic oxidation sites excluding steroid dienone is 2. The highest BCUT2D eigenvalue weighted by atomic mass is 16.6. The highest BCUT2D eigenvalue weighted by molar-refractivity contribution is 6.00. The standard InChI is InChI=1S/C31H33N3O10/c1-18-26(30(37)43-16-15-42-29(36)21-10-12-22(13-11-21)33-20(3)35)28(24-8-4-5-9-25(24)34(39)40)27(19(2)32-18)31(38)44-17-23-7-6-14-41-23/h4-5,8-13,23,28,32H,6-7,14-17H2,1-3H3,(H,33,35)/t23-,28+/m0/s1. The van der Waals surface area contributed by atoms with Gasteiger partial charge < -0.3 is 29.6 Å². The number of nitrogens with one attached hydrogen (secondary N) is 2. The van der Waals surface area contributed by atoms with E-state index in [0.29, 0.717) is 23.7 Å². The van der Waals surface area contributed by atoms with Crippen molar-refractivity contribution in [1.29, 1.82) is 0 Å². The monoisotopic (exact) mass is 607 g/mol. The number of rotatable bonds is 11. The first-order valence-electron chi connectivity index (χ1n) is 14.0. The minimum absolute atomic E-state index is 0.00300. The summed E-state index contributed by atoms with van der Waals surface area (Å²) in [5, 5.41) is 17.6. The molecule has 0 spiro atoms. The van der Waals surface area contributed by atoms with Gasteiger partial charge in [-0.05, 0) is 51.0 Å². The lowest BCUT2D eigenvalue weighted by molar-refractivity contribution is -0.385. The smallest absolute Gasteiger partial charge is 0.338 e. The van der Waals surface area contributed by atoms with Crippen molar-refractivity contribution in [2.24, 2.45) is 0 Å². The molecular formula is C31H33N3O10. The van der Waals surface area contributed by atoms with E-state index in [9.17, 15) is 29.3 Å². The van der Waals surface area contributed by atoms with Crippen molar-refractivity contribution in [2.45, 2.75) is 45.6 Å². The Labute approximate surface area is 253 Å². The molecule has 13 heteroatoms. The molecule has 4 rings (SSSR count). The van der Waals surface area contributed by atoms with Crippen molar-refractivity contribution in [3.05, 3.63) is 92.3 Å². The number of nitro benzene ring substituents is 1. The number of nitrogens with zero attached hydrogens (tertiary/aromatic N) is 1. The fourth-order valence-electron chi connectivity index (χ4n) is 5.09. The molecule has 1 fully saturated rings. The van der Waals surface area contributed by atoms with Gasteiger partial charge >= 0.3 is 17.9 Å². The second kappa shape index (κ2) is 14.4. The minimum atomic E-state index is -1.17. The highest BCUT2D eigenvalue weighted by Gasteiger charge is 2.41. The molecule has 2 aliphatic heterocycles. The first-order chi connectivity index (χ1) is 21.1. The molecule has 1 saturated heterocycles. The molecule has 0 bridgehead atoms. The lowest BCUT2D eigenvalue weighted by atomic mass is 9.79. The molecule has 2 aromatic rings. The Hall–Kier alpha value is -5.04. The number of amides is 1. The van der Waals surface area contributed by atoms with Gasteiger partial charge in [-0.1, -0.05) is 18.2 Å². The predicted molar refractivity (Wildman–Crippen MR) is 156 cm³/mol. The molecule has 0 radical (unpaired) electrons. The van der Waals surface area contributed by atoms with E-state index in [2.05, 4.69) is 10.6 Å². The zero-order valence-corrected chi connectivity index (χ0v) is 24.5. The average Bonchev–Trinajstić information content (AvgIpc) is 3.51. The molecule has 232 valence electrons. The van der Waals surface area contributed by atoms with E-state index >= 15 is 0 Å². The number of carbonyl (C=O) groups is 4. The second-order valence-electron chi connectivity index (χ2n) is 10.2. The van der Waals surface area contributed by atoms with Crippen LogP contribution in [0.25, 0.3) is 0 Å². The van der Waals surface area contributed by atoms with Crippen molar-refractivity contribution < 1.29 is 43.0 Å². The topological polar surface area (TPSA) is 172 Å². The maximum atomic E-state index is 13.5. The van der Waals surface area contributed by atoms with Gasteiger partial charge in [-0.3, -0.25) is 14.9 Å². The van der Waals surface area contributed by atoms with Crippen LogP contribution in [0.2, 0.25) is 0 Å². The Balaban J connectivity index is 1.50. The molecule has 0 aliphatic carbocycles. The van der Waals surface area contributed by atoms with Gasteiger partial charge in [0.2, 0.25) is 5.91 Å². The van der Waals surface area contributed by atoms with Gasteiger partial charge in [-0.15, -0.1) is 0 Å². The summed E-state index contributed by atoms with van der Waals surface area (Å²) in [5.41, 5.74) is 1.29. The molecule has 0 saturated carbocycles. The third kappa shape index (κ3) is 7.67. The van der Waals surface area contributed by atoms with Gasteiger partial charge in [0, 0.05) is 42.2 Å². The maximum Gasteiger partial charge on any atom is 0.338 e. The van der Waals surface area contributed by atoms with Crippen LogP contribution >= 0.6 is 0 Å². The van der Waals surface area contributed by atoms with Crippen LogP contribution in [0.15, 0.2) is 71.1 Å². The number of hydrogen-bond donors (Lipinski definition) is 2. The molecule has 0 unspecified atom stereocenters. The Morgan fingerprint density at radius 2 is 1.55 bits per heavy atom. The molecule has 0 aromatic heterocycles. The molecule has 2 heterocycles. The van der Waals surface area contributed by atoms with Crippen LogP contribution < -0.4 is 10.6 Å².